The summed E-state index contributed by atoms with van der Waals surface area (Å²) < 4.78 is 5.42. The molecule has 0 N–H and O–H groups in total. The fourth-order valence-corrected chi connectivity index (χ4v) is 2.48. The molecule has 0 amide bonds. The van der Waals surface area contributed by atoms with Gasteiger partial charge in [0.15, 0.2) is 0 Å². The second kappa shape index (κ2) is 7.41. The molecule has 1 fully saturated rings. The molecule has 2 rings (SSSR count). The number of nitrogens with zero attached hydrogens (tertiary/aromatic N) is 2. The lowest BCUT2D eigenvalue weighted by Gasteiger charge is -2.32. The van der Waals surface area contributed by atoms with Gasteiger partial charge >= 0.3 is 0 Å². The second-order valence-corrected chi connectivity index (χ2v) is 5.09. The number of likely N-dealkylation sites (tertiary alicyclic amines) is 1. The summed E-state index contributed by atoms with van der Waals surface area (Å²) in [6, 6.07) is 10.3. The number of para-hydroxylation sites is 1. The SMILES string of the molecule is CCOCCN1CCC(=Nc2ccccc2)C(C)C1. The molecule has 0 saturated carbocycles. The molecule has 19 heavy (non-hydrogen) atoms. The molecule has 1 aliphatic rings. The second-order valence-electron chi connectivity index (χ2n) is 5.09. The van der Waals surface area contributed by atoms with Crippen molar-refractivity contribution in [1.82, 2.24) is 4.90 Å². The molecule has 3 nitrogen and oxygen atoms in total. The van der Waals surface area contributed by atoms with E-state index < -0.39 is 0 Å². The molecule has 1 saturated heterocycles. The van der Waals surface area contributed by atoms with E-state index in [4.69, 9.17) is 9.73 Å². The van der Waals surface area contributed by atoms with E-state index in [0.29, 0.717) is 5.92 Å². The molecule has 104 valence electrons. The summed E-state index contributed by atoms with van der Waals surface area (Å²) in [6.07, 6.45) is 1.07. The fourth-order valence-electron chi connectivity index (χ4n) is 2.48. The summed E-state index contributed by atoms with van der Waals surface area (Å²) in [5, 5.41) is 0. The van der Waals surface area contributed by atoms with Crippen LogP contribution in [0.2, 0.25) is 0 Å². The lowest BCUT2D eigenvalue weighted by molar-refractivity contribution is 0.108. The first-order chi connectivity index (χ1) is 9.29. The first kappa shape index (κ1) is 14.2. The van der Waals surface area contributed by atoms with Gasteiger partial charge in [0, 0.05) is 37.9 Å². The van der Waals surface area contributed by atoms with Gasteiger partial charge in [0.05, 0.1) is 12.3 Å². The third kappa shape index (κ3) is 4.44. The molecule has 1 atom stereocenters. The lowest BCUT2D eigenvalue weighted by Crippen LogP contribution is -2.41. The van der Waals surface area contributed by atoms with Crippen LogP contribution in [-0.4, -0.2) is 43.5 Å². The van der Waals surface area contributed by atoms with Crippen LogP contribution in [0.1, 0.15) is 20.3 Å². The molecule has 0 bridgehead atoms. The van der Waals surface area contributed by atoms with Crippen LogP contribution < -0.4 is 0 Å². The van der Waals surface area contributed by atoms with Gasteiger partial charge in [0.25, 0.3) is 0 Å². The maximum atomic E-state index is 5.42. The predicted octanol–water partition coefficient (Wildman–Crippen LogP) is 3.14. The number of hydrogen-bond donors (Lipinski definition) is 0. The molecular formula is C16H24N2O. The van der Waals surface area contributed by atoms with Gasteiger partial charge < -0.3 is 9.64 Å². The van der Waals surface area contributed by atoms with Gasteiger partial charge in [-0.3, -0.25) is 4.99 Å². The predicted molar refractivity (Wildman–Crippen MR) is 80.3 cm³/mol. The van der Waals surface area contributed by atoms with Crippen molar-refractivity contribution < 1.29 is 4.74 Å². The summed E-state index contributed by atoms with van der Waals surface area (Å²) in [6.45, 7) is 9.20. The van der Waals surface area contributed by atoms with Crippen molar-refractivity contribution >= 4 is 11.4 Å². The number of rotatable bonds is 5. The van der Waals surface area contributed by atoms with Crippen molar-refractivity contribution in [2.45, 2.75) is 20.3 Å². The summed E-state index contributed by atoms with van der Waals surface area (Å²) in [5.74, 6) is 0.538. The minimum Gasteiger partial charge on any atom is -0.380 e. The molecular weight excluding hydrogens is 236 g/mol. The fraction of sp³-hybridized carbons (Fsp3) is 0.562. The molecule has 3 heteroatoms. The summed E-state index contributed by atoms with van der Waals surface area (Å²) in [5.41, 5.74) is 2.41. The van der Waals surface area contributed by atoms with E-state index in [1.807, 2.05) is 25.1 Å². The normalized spacial score (nSPS) is 22.8. The maximum Gasteiger partial charge on any atom is 0.0629 e. The number of piperidine rings is 1. The van der Waals surface area contributed by atoms with Crippen molar-refractivity contribution in [2.75, 3.05) is 32.8 Å². The van der Waals surface area contributed by atoms with Gasteiger partial charge in [-0.25, -0.2) is 0 Å². The van der Waals surface area contributed by atoms with E-state index in [-0.39, 0.29) is 0 Å². The number of aliphatic imine (C=N–C) groups is 1. The van der Waals surface area contributed by atoms with E-state index >= 15 is 0 Å². The number of benzene rings is 1. The number of hydrogen-bond acceptors (Lipinski definition) is 3. The monoisotopic (exact) mass is 260 g/mol. The van der Waals surface area contributed by atoms with Crippen molar-refractivity contribution in [3.05, 3.63) is 30.3 Å². The van der Waals surface area contributed by atoms with Gasteiger partial charge in [-0.15, -0.1) is 0 Å². The maximum absolute atomic E-state index is 5.42. The van der Waals surface area contributed by atoms with E-state index in [9.17, 15) is 0 Å². The highest BCUT2D eigenvalue weighted by Crippen LogP contribution is 2.19. The van der Waals surface area contributed by atoms with Gasteiger partial charge in [-0.05, 0) is 25.5 Å². The highest BCUT2D eigenvalue weighted by molar-refractivity contribution is 5.89. The Hall–Kier alpha value is -1.19. The Morgan fingerprint density at radius 3 is 2.79 bits per heavy atom. The van der Waals surface area contributed by atoms with Crippen molar-refractivity contribution in [3.8, 4) is 0 Å². The smallest absolute Gasteiger partial charge is 0.0629 e. The largest absolute Gasteiger partial charge is 0.380 e. The highest BCUT2D eigenvalue weighted by Gasteiger charge is 2.21. The van der Waals surface area contributed by atoms with E-state index in [1.165, 1.54) is 5.71 Å². The van der Waals surface area contributed by atoms with Crippen LogP contribution in [-0.2, 0) is 4.74 Å². The van der Waals surface area contributed by atoms with E-state index in [0.717, 1.165) is 45.0 Å². The van der Waals surface area contributed by atoms with Gasteiger partial charge in [-0.2, -0.15) is 0 Å². The first-order valence-electron chi connectivity index (χ1n) is 7.22. The minimum atomic E-state index is 0.538. The Morgan fingerprint density at radius 1 is 1.32 bits per heavy atom. The van der Waals surface area contributed by atoms with Crippen LogP contribution in [0.4, 0.5) is 5.69 Å². The Morgan fingerprint density at radius 2 is 2.11 bits per heavy atom. The first-order valence-corrected chi connectivity index (χ1v) is 7.22. The van der Waals surface area contributed by atoms with Crippen LogP contribution in [0.3, 0.4) is 0 Å². The molecule has 1 heterocycles. The van der Waals surface area contributed by atoms with Gasteiger partial charge in [-0.1, -0.05) is 25.1 Å². The summed E-state index contributed by atoms with van der Waals surface area (Å²) in [4.78, 5) is 7.27. The van der Waals surface area contributed by atoms with Crippen LogP contribution in [0.25, 0.3) is 0 Å². The summed E-state index contributed by atoms with van der Waals surface area (Å²) in [7, 11) is 0. The highest BCUT2D eigenvalue weighted by atomic mass is 16.5. The molecule has 0 aliphatic carbocycles. The van der Waals surface area contributed by atoms with Gasteiger partial charge in [0.2, 0.25) is 0 Å². The van der Waals surface area contributed by atoms with Gasteiger partial charge in [0.1, 0.15) is 0 Å². The summed E-state index contributed by atoms with van der Waals surface area (Å²) >= 11 is 0. The molecule has 1 unspecified atom stereocenters. The third-order valence-electron chi connectivity index (χ3n) is 3.57. The number of ether oxygens (including phenoxy) is 1. The zero-order valence-electron chi connectivity index (χ0n) is 12.0. The van der Waals surface area contributed by atoms with Crippen LogP contribution in [0, 0.1) is 5.92 Å². The van der Waals surface area contributed by atoms with E-state index in [1.54, 1.807) is 0 Å². The lowest BCUT2D eigenvalue weighted by atomic mass is 9.97. The molecule has 1 aliphatic heterocycles. The Kier molecular flexibility index (Phi) is 5.55. The minimum absolute atomic E-state index is 0.538. The molecule has 1 aromatic carbocycles. The zero-order chi connectivity index (χ0) is 13.5. The molecule has 0 radical (unpaired) electrons. The molecule has 0 spiro atoms. The average Bonchev–Trinajstić information content (AvgIpc) is 2.43. The average molecular weight is 260 g/mol. The van der Waals surface area contributed by atoms with Crippen molar-refractivity contribution in [3.63, 3.8) is 0 Å². The standard InChI is InChI=1S/C16H24N2O/c1-3-19-12-11-18-10-9-16(14(2)13-18)17-15-7-5-4-6-8-15/h4-8,14H,3,9-13H2,1-2H3. The molecule has 1 aromatic rings. The quantitative estimate of drug-likeness (QED) is 0.760. The van der Waals surface area contributed by atoms with Crippen LogP contribution in [0.5, 0.6) is 0 Å². The molecule has 0 aromatic heterocycles. The van der Waals surface area contributed by atoms with Crippen LogP contribution in [0.15, 0.2) is 35.3 Å². The zero-order valence-corrected chi connectivity index (χ0v) is 12.0. The van der Waals surface area contributed by atoms with Crippen molar-refractivity contribution in [1.29, 1.82) is 0 Å². The van der Waals surface area contributed by atoms with Crippen molar-refractivity contribution in [2.24, 2.45) is 10.9 Å². The third-order valence-corrected chi connectivity index (χ3v) is 3.57. The Balaban J connectivity index is 1.88. The van der Waals surface area contributed by atoms with Crippen LogP contribution >= 0.6 is 0 Å². The Labute approximate surface area is 116 Å². The Bertz CT molecular complexity index is 402. The van der Waals surface area contributed by atoms with E-state index in [2.05, 4.69) is 24.0 Å². The topological polar surface area (TPSA) is 24.8 Å².